The van der Waals surface area contributed by atoms with Crippen LogP contribution in [0.2, 0.25) is 0 Å². The number of hydrogen-bond donors (Lipinski definition) is 0. The molecule has 0 bridgehead atoms. The maximum atomic E-state index is 6.59. The molecule has 350 valence electrons. The Hall–Kier alpha value is -10.4. The summed E-state index contributed by atoms with van der Waals surface area (Å²) in [7, 11) is 0. The first kappa shape index (κ1) is 42.3. The SMILES string of the molecule is c1ccc(-c2nc(-c3ccccc3)nc(-c3cccc(-n4c5ccccc5c5cc(-c6ccc7oc8cccc(-c9nc(-c%10ccccc%10)nc(-c%10ccc%11c(c%10)oc%10ccccc%10%11)n9)c8c7c6)ccc54)c3)n2)cc1. The fourth-order valence-electron chi connectivity index (χ4n) is 10.6. The number of rotatable bonds is 8. The Morgan fingerprint density at radius 1 is 0.253 bits per heavy atom. The summed E-state index contributed by atoms with van der Waals surface area (Å²) in [5, 5.41) is 6.29. The van der Waals surface area contributed by atoms with Crippen molar-refractivity contribution in [3.05, 3.63) is 237 Å². The largest absolute Gasteiger partial charge is 0.456 e. The smallest absolute Gasteiger partial charge is 0.164 e. The Kier molecular flexibility index (Phi) is 9.67. The highest BCUT2D eigenvalue weighted by molar-refractivity contribution is 6.14. The van der Waals surface area contributed by atoms with Gasteiger partial charge < -0.3 is 13.4 Å². The molecule has 0 amide bonds. The third-order valence-electron chi connectivity index (χ3n) is 14.1. The Bertz CT molecular complexity index is 4660. The number of benzene rings is 10. The molecule has 9 heteroatoms. The standard InChI is InChI=1S/C66H39N7O2/c1-4-16-40(17-5-1)61-67-62(41-18-6-2-7-19-41)69-64(68-61)45-22-14-23-47(36-45)73-54-27-12-10-24-48(54)52-37-43(31-34-55(52)73)44-32-35-57-53(38-44)60-51(26-15-29-58(60)74-57)66-71-63(42-20-8-3-9-21-42)70-65(72-66)46-30-33-50-49-25-11-13-28-56(49)75-59(50)39-46/h1-39H. The predicted molar refractivity (Wildman–Crippen MR) is 300 cm³/mol. The molecule has 0 aliphatic heterocycles. The van der Waals surface area contributed by atoms with E-state index in [1.165, 1.54) is 0 Å². The lowest BCUT2D eigenvalue weighted by molar-refractivity contribution is 0.668. The minimum atomic E-state index is 0.546. The fraction of sp³-hybridized carbons (Fsp3) is 0. The summed E-state index contributed by atoms with van der Waals surface area (Å²) in [5.74, 6) is 3.52. The van der Waals surface area contributed by atoms with Gasteiger partial charge in [-0.2, -0.15) is 0 Å². The molecule has 5 heterocycles. The van der Waals surface area contributed by atoms with Gasteiger partial charge in [-0.15, -0.1) is 0 Å². The third kappa shape index (κ3) is 7.24. The van der Waals surface area contributed by atoms with Gasteiger partial charge in [0.05, 0.1) is 11.0 Å². The van der Waals surface area contributed by atoms with Gasteiger partial charge >= 0.3 is 0 Å². The van der Waals surface area contributed by atoms with Crippen molar-refractivity contribution in [2.45, 2.75) is 0 Å². The number of aromatic nitrogens is 7. The average Bonchev–Trinajstić information content (AvgIpc) is 4.17. The number of fused-ring (bicyclic) bond motifs is 9. The van der Waals surface area contributed by atoms with Gasteiger partial charge in [0.2, 0.25) is 0 Å². The average molecular weight is 962 g/mol. The van der Waals surface area contributed by atoms with Gasteiger partial charge in [-0.3, -0.25) is 0 Å². The Balaban J connectivity index is 0.843. The molecule has 0 saturated carbocycles. The van der Waals surface area contributed by atoms with Crippen LogP contribution in [0.4, 0.5) is 0 Å². The molecule has 0 atom stereocenters. The minimum Gasteiger partial charge on any atom is -0.456 e. The lowest BCUT2D eigenvalue weighted by Gasteiger charge is -2.12. The van der Waals surface area contributed by atoms with Crippen LogP contribution in [0.3, 0.4) is 0 Å². The highest BCUT2D eigenvalue weighted by Gasteiger charge is 2.21. The summed E-state index contributed by atoms with van der Waals surface area (Å²) < 4.78 is 15.2. The molecule has 0 aliphatic carbocycles. The number of para-hydroxylation sites is 2. The van der Waals surface area contributed by atoms with Crippen LogP contribution in [0.5, 0.6) is 0 Å². The van der Waals surface area contributed by atoms with Crippen LogP contribution in [-0.4, -0.2) is 34.5 Å². The van der Waals surface area contributed by atoms with E-state index in [-0.39, 0.29) is 0 Å². The summed E-state index contributed by atoms with van der Waals surface area (Å²) in [6.45, 7) is 0. The number of nitrogens with zero attached hydrogens (tertiary/aromatic N) is 7. The normalized spacial score (nSPS) is 11.7. The molecule has 15 rings (SSSR count). The second-order valence-electron chi connectivity index (χ2n) is 18.6. The van der Waals surface area contributed by atoms with Crippen LogP contribution >= 0.6 is 0 Å². The van der Waals surface area contributed by atoms with E-state index >= 15 is 0 Å². The van der Waals surface area contributed by atoms with Gasteiger partial charge in [-0.05, 0) is 77.9 Å². The van der Waals surface area contributed by atoms with E-state index in [4.69, 9.17) is 38.7 Å². The Morgan fingerprint density at radius 3 is 1.41 bits per heavy atom. The van der Waals surface area contributed by atoms with Crippen molar-refractivity contribution in [3.63, 3.8) is 0 Å². The molecular formula is C66H39N7O2. The molecule has 0 radical (unpaired) electrons. The van der Waals surface area contributed by atoms with E-state index in [0.717, 1.165) is 116 Å². The molecule has 75 heavy (non-hydrogen) atoms. The van der Waals surface area contributed by atoms with E-state index in [1.54, 1.807) is 0 Å². The zero-order valence-corrected chi connectivity index (χ0v) is 40.0. The molecule has 0 spiro atoms. The van der Waals surface area contributed by atoms with Gasteiger partial charge in [0.15, 0.2) is 34.9 Å². The molecule has 0 aliphatic rings. The van der Waals surface area contributed by atoms with E-state index < -0.39 is 0 Å². The predicted octanol–water partition coefficient (Wildman–Crippen LogP) is 16.6. The van der Waals surface area contributed by atoms with Gasteiger partial charge in [0.1, 0.15) is 22.3 Å². The van der Waals surface area contributed by atoms with Crippen molar-refractivity contribution in [3.8, 4) is 85.1 Å². The summed E-state index contributed by atoms with van der Waals surface area (Å²) >= 11 is 0. The third-order valence-corrected chi connectivity index (χ3v) is 14.1. The summed E-state index contributed by atoms with van der Waals surface area (Å²) in [6.07, 6.45) is 0. The van der Waals surface area contributed by atoms with E-state index in [0.29, 0.717) is 34.9 Å². The Morgan fingerprint density at radius 2 is 0.720 bits per heavy atom. The van der Waals surface area contributed by atoms with Crippen LogP contribution < -0.4 is 0 Å². The molecule has 0 fully saturated rings. The zero-order valence-electron chi connectivity index (χ0n) is 40.0. The van der Waals surface area contributed by atoms with Crippen LogP contribution in [0.25, 0.3) is 151 Å². The van der Waals surface area contributed by atoms with E-state index in [9.17, 15) is 0 Å². The molecule has 0 unspecified atom stereocenters. The summed E-state index contributed by atoms with van der Waals surface area (Å²) in [4.78, 5) is 30.5. The zero-order chi connectivity index (χ0) is 49.4. The minimum absolute atomic E-state index is 0.546. The fourth-order valence-corrected chi connectivity index (χ4v) is 10.6. The number of furan rings is 2. The van der Waals surface area contributed by atoms with Crippen molar-refractivity contribution in [2.75, 3.05) is 0 Å². The molecule has 15 aromatic rings. The highest BCUT2D eigenvalue weighted by Crippen LogP contribution is 2.41. The molecular weight excluding hydrogens is 923 g/mol. The van der Waals surface area contributed by atoms with E-state index in [1.807, 2.05) is 127 Å². The van der Waals surface area contributed by atoms with Crippen LogP contribution in [-0.2, 0) is 0 Å². The summed E-state index contributed by atoms with van der Waals surface area (Å²) in [5.41, 5.74) is 13.8. The van der Waals surface area contributed by atoms with Gasteiger partial charge in [0, 0.05) is 71.4 Å². The molecule has 10 aromatic carbocycles. The molecule has 9 nitrogen and oxygen atoms in total. The first-order valence-electron chi connectivity index (χ1n) is 24.8. The summed E-state index contributed by atoms with van der Waals surface area (Å²) in [6, 6.07) is 80.8. The van der Waals surface area contributed by atoms with Crippen molar-refractivity contribution in [1.29, 1.82) is 0 Å². The monoisotopic (exact) mass is 961 g/mol. The van der Waals surface area contributed by atoms with Gasteiger partial charge in [-0.25, -0.2) is 29.9 Å². The first-order valence-corrected chi connectivity index (χ1v) is 24.8. The second kappa shape index (κ2) is 17.1. The van der Waals surface area contributed by atoms with Crippen LogP contribution in [0.1, 0.15) is 0 Å². The maximum Gasteiger partial charge on any atom is 0.164 e. The quantitative estimate of drug-likeness (QED) is 0.148. The van der Waals surface area contributed by atoms with Gasteiger partial charge in [-0.1, -0.05) is 170 Å². The van der Waals surface area contributed by atoms with Crippen molar-refractivity contribution in [2.24, 2.45) is 0 Å². The lowest BCUT2D eigenvalue weighted by atomic mass is 9.99. The van der Waals surface area contributed by atoms with Crippen LogP contribution in [0, 0.1) is 0 Å². The van der Waals surface area contributed by atoms with Crippen molar-refractivity contribution >= 4 is 65.7 Å². The molecule has 0 N–H and O–H groups in total. The molecule has 0 saturated heterocycles. The van der Waals surface area contributed by atoms with Crippen LogP contribution in [0.15, 0.2) is 245 Å². The maximum absolute atomic E-state index is 6.59. The van der Waals surface area contributed by atoms with Crippen molar-refractivity contribution in [1.82, 2.24) is 34.5 Å². The first-order chi connectivity index (χ1) is 37.1. The molecule has 5 aromatic heterocycles. The van der Waals surface area contributed by atoms with Crippen molar-refractivity contribution < 1.29 is 8.83 Å². The lowest BCUT2D eigenvalue weighted by Crippen LogP contribution is -2.01. The second-order valence-corrected chi connectivity index (χ2v) is 18.6. The van der Waals surface area contributed by atoms with E-state index in [2.05, 4.69) is 114 Å². The highest BCUT2D eigenvalue weighted by atomic mass is 16.3. The topological polar surface area (TPSA) is 109 Å². The number of hydrogen-bond acceptors (Lipinski definition) is 8. The Labute approximate surface area is 428 Å². The van der Waals surface area contributed by atoms with Gasteiger partial charge in [0.25, 0.3) is 0 Å².